The van der Waals surface area contributed by atoms with E-state index in [1.54, 1.807) is 17.5 Å². The fourth-order valence-corrected chi connectivity index (χ4v) is 2.77. The molecule has 0 spiro atoms. The first kappa shape index (κ1) is 17.1. The molecule has 3 heterocycles. The SMILES string of the molecule is CCNC(=NCc1cccs1)NCCc1noc(-c2ccccn2)n1. The van der Waals surface area contributed by atoms with Crippen LogP contribution < -0.4 is 10.6 Å². The van der Waals surface area contributed by atoms with Crippen molar-refractivity contribution in [2.45, 2.75) is 19.9 Å². The maximum absolute atomic E-state index is 5.26. The fraction of sp³-hybridized carbons (Fsp3) is 0.294. The molecule has 25 heavy (non-hydrogen) atoms. The van der Waals surface area contributed by atoms with Gasteiger partial charge >= 0.3 is 0 Å². The molecule has 0 saturated heterocycles. The minimum absolute atomic E-state index is 0.439. The highest BCUT2D eigenvalue weighted by molar-refractivity contribution is 7.09. The van der Waals surface area contributed by atoms with Crippen molar-refractivity contribution in [2.75, 3.05) is 13.1 Å². The van der Waals surface area contributed by atoms with Crippen LogP contribution in [0.15, 0.2) is 51.4 Å². The molecule has 3 rings (SSSR count). The summed E-state index contributed by atoms with van der Waals surface area (Å²) >= 11 is 1.70. The van der Waals surface area contributed by atoms with Gasteiger partial charge in [0.25, 0.3) is 5.89 Å². The minimum Gasteiger partial charge on any atom is -0.357 e. The molecule has 0 aliphatic carbocycles. The smallest absolute Gasteiger partial charge is 0.276 e. The molecule has 3 aromatic heterocycles. The maximum Gasteiger partial charge on any atom is 0.276 e. The number of nitrogens with zero attached hydrogens (tertiary/aromatic N) is 4. The van der Waals surface area contributed by atoms with Crippen molar-refractivity contribution in [3.63, 3.8) is 0 Å². The van der Waals surface area contributed by atoms with E-state index in [1.807, 2.05) is 31.2 Å². The van der Waals surface area contributed by atoms with E-state index in [4.69, 9.17) is 4.52 Å². The highest BCUT2D eigenvalue weighted by atomic mass is 32.1. The van der Waals surface area contributed by atoms with Crippen LogP contribution in [0.2, 0.25) is 0 Å². The zero-order valence-electron chi connectivity index (χ0n) is 14.0. The first-order valence-electron chi connectivity index (χ1n) is 8.13. The Kier molecular flexibility index (Phi) is 6.11. The zero-order chi connectivity index (χ0) is 17.3. The molecule has 0 aliphatic heterocycles. The molecule has 0 bridgehead atoms. The summed E-state index contributed by atoms with van der Waals surface area (Å²) in [6, 6.07) is 9.69. The largest absolute Gasteiger partial charge is 0.357 e. The van der Waals surface area contributed by atoms with E-state index in [-0.39, 0.29) is 0 Å². The van der Waals surface area contributed by atoms with Crippen molar-refractivity contribution in [3.8, 4) is 11.6 Å². The molecule has 0 radical (unpaired) electrons. The van der Waals surface area contributed by atoms with Gasteiger partial charge in [-0.1, -0.05) is 17.3 Å². The average Bonchev–Trinajstić information content (AvgIpc) is 3.32. The molecular weight excluding hydrogens is 336 g/mol. The zero-order valence-corrected chi connectivity index (χ0v) is 14.8. The van der Waals surface area contributed by atoms with Gasteiger partial charge in [0.2, 0.25) is 0 Å². The molecule has 0 atom stereocenters. The number of aliphatic imine (C=N–C) groups is 1. The van der Waals surface area contributed by atoms with Crippen LogP contribution in [-0.4, -0.2) is 34.2 Å². The Morgan fingerprint density at radius 3 is 2.96 bits per heavy atom. The highest BCUT2D eigenvalue weighted by Crippen LogP contribution is 2.13. The Bertz CT molecular complexity index is 785. The van der Waals surface area contributed by atoms with E-state index in [9.17, 15) is 0 Å². The number of guanidine groups is 1. The summed E-state index contributed by atoms with van der Waals surface area (Å²) in [4.78, 5) is 14.4. The van der Waals surface area contributed by atoms with Crippen LogP contribution in [0.4, 0.5) is 0 Å². The quantitative estimate of drug-likeness (QED) is 0.499. The summed E-state index contributed by atoms with van der Waals surface area (Å²) in [6.45, 7) is 4.18. The first-order valence-corrected chi connectivity index (χ1v) is 9.01. The maximum atomic E-state index is 5.26. The van der Waals surface area contributed by atoms with Gasteiger partial charge in [-0.15, -0.1) is 11.3 Å². The summed E-state index contributed by atoms with van der Waals surface area (Å²) < 4.78 is 5.26. The number of rotatable bonds is 7. The molecule has 0 aromatic carbocycles. The lowest BCUT2D eigenvalue weighted by Gasteiger charge is -2.09. The molecule has 130 valence electrons. The average molecular weight is 356 g/mol. The van der Waals surface area contributed by atoms with Crippen LogP contribution in [0, 0.1) is 0 Å². The Hall–Kier alpha value is -2.74. The van der Waals surface area contributed by atoms with Crippen LogP contribution in [0.25, 0.3) is 11.6 Å². The number of thiophene rings is 1. The molecule has 0 aliphatic rings. The fourth-order valence-electron chi connectivity index (χ4n) is 2.14. The van der Waals surface area contributed by atoms with Gasteiger partial charge in [0.1, 0.15) is 5.69 Å². The van der Waals surface area contributed by atoms with Crippen molar-refractivity contribution in [2.24, 2.45) is 4.99 Å². The van der Waals surface area contributed by atoms with Crippen LogP contribution >= 0.6 is 11.3 Å². The van der Waals surface area contributed by atoms with Crippen LogP contribution in [0.5, 0.6) is 0 Å². The molecule has 3 aromatic rings. The monoisotopic (exact) mass is 356 g/mol. The van der Waals surface area contributed by atoms with Gasteiger partial charge in [-0.2, -0.15) is 4.98 Å². The minimum atomic E-state index is 0.439. The lowest BCUT2D eigenvalue weighted by Crippen LogP contribution is -2.38. The van der Waals surface area contributed by atoms with E-state index >= 15 is 0 Å². The van der Waals surface area contributed by atoms with E-state index in [2.05, 4.69) is 42.2 Å². The third kappa shape index (κ3) is 5.12. The normalized spacial score (nSPS) is 11.5. The molecule has 0 fully saturated rings. The van der Waals surface area contributed by atoms with Gasteiger partial charge in [0.15, 0.2) is 11.8 Å². The van der Waals surface area contributed by atoms with Crippen molar-refractivity contribution in [1.82, 2.24) is 25.8 Å². The standard InChI is InChI=1S/C17H20N6OS/c1-2-18-17(21-12-13-6-5-11-25-13)20-10-8-15-22-16(24-23-15)14-7-3-4-9-19-14/h3-7,9,11H,2,8,10,12H2,1H3,(H2,18,20,21). The Morgan fingerprint density at radius 2 is 2.20 bits per heavy atom. The molecule has 2 N–H and O–H groups in total. The van der Waals surface area contributed by atoms with Crippen molar-refractivity contribution >= 4 is 17.3 Å². The molecule has 7 nitrogen and oxygen atoms in total. The Morgan fingerprint density at radius 1 is 1.24 bits per heavy atom. The molecular formula is C17H20N6OS. The van der Waals surface area contributed by atoms with E-state index < -0.39 is 0 Å². The van der Waals surface area contributed by atoms with Crippen molar-refractivity contribution in [1.29, 1.82) is 0 Å². The van der Waals surface area contributed by atoms with E-state index in [0.29, 0.717) is 36.9 Å². The number of nitrogens with one attached hydrogen (secondary N) is 2. The molecule has 0 amide bonds. The Balaban J connectivity index is 1.52. The third-order valence-electron chi connectivity index (χ3n) is 3.31. The summed E-state index contributed by atoms with van der Waals surface area (Å²) in [7, 11) is 0. The third-order valence-corrected chi connectivity index (χ3v) is 4.17. The summed E-state index contributed by atoms with van der Waals surface area (Å²) in [5.41, 5.74) is 0.681. The van der Waals surface area contributed by atoms with Gasteiger partial charge in [-0.25, -0.2) is 4.99 Å². The predicted octanol–water partition coefficient (Wildman–Crippen LogP) is 2.49. The van der Waals surface area contributed by atoms with Gasteiger partial charge in [-0.3, -0.25) is 4.98 Å². The molecule has 8 heteroatoms. The van der Waals surface area contributed by atoms with Gasteiger partial charge < -0.3 is 15.2 Å². The van der Waals surface area contributed by atoms with Gasteiger partial charge in [-0.05, 0) is 30.5 Å². The lowest BCUT2D eigenvalue weighted by atomic mass is 10.3. The van der Waals surface area contributed by atoms with Crippen LogP contribution in [0.3, 0.4) is 0 Å². The second-order valence-electron chi connectivity index (χ2n) is 5.18. The second kappa shape index (κ2) is 8.93. The first-order chi connectivity index (χ1) is 12.3. The summed E-state index contributed by atoms with van der Waals surface area (Å²) in [5, 5.41) is 12.6. The summed E-state index contributed by atoms with van der Waals surface area (Å²) in [6.07, 6.45) is 2.34. The van der Waals surface area contributed by atoms with Gasteiger partial charge in [0.05, 0.1) is 6.54 Å². The predicted molar refractivity (Wildman–Crippen MR) is 98.4 cm³/mol. The summed E-state index contributed by atoms with van der Waals surface area (Å²) in [5.74, 6) is 1.86. The van der Waals surface area contributed by atoms with E-state index in [1.165, 1.54) is 4.88 Å². The van der Waals surface area contributed by atoms with Crippen molar-refractivity contribution < 1.29 is 4.52 Å². The van der Waals surface area contributed by atoms with E-state index in [0.717, 1.165) is 12.5 Å². The lowest BCUT2D eigenvalue weighted by molar-refractivity contribution is 0.421. The molecule has 0 saturated carbocycles. The number of aromatic nitrogens is 3. The van der Waals surface area contributed by atoms with Crippen LogP contribution in [0.1, 0.15) is 17.6 Å². The van der Waals surface area contributed by atoms with Gasteiger partial charge in [0, 0.05) is 30.6 Å². The van der Waals surface area contributed by atoms with Crippen molar-refractivity contribution in [3.05, 3.63) is 52.6 Å². The second-order valence-corrected chi connectivity index (χ2v) is 6.21. The number of hydrogen-bond donors (Lipinski definition) is 2. The topological polar surface area (TPSA) is 88.2 Å². The number of pyridine rings is 1. The van der Waals surface area contributed by atoms with Crippen LogP contribution in [-0.2, 0) is 13.0 Å². The number of hydrogen-bond acceptors (Lipinski definition) is 6. The highest BCUT2D eigenvalue weighted by Gasteiger charge is 2.09. The molecule has 0 unspecified atom stereocenters. The Labute approximate surface area is 150 Å².